The third-order valence-corrected chi connectivity index (χ3v) is 3.40. The summed E-state index contributed by atoms with van der Waals surface area (Å²) in [5.74, 6) is -4.11. The summed E-state index contributed by atoms with van der Waals surface area (Å²) < 4.78 is 49.4. The quantitative estimate of drug-likeness (QED) is 0.765. The number of nitrogens with zero attached hydrogens (tertiary/aromatic N) is 1. The third-order valence-electron chi connectivity index (χ3n) is 3.40. The number of carbonyl (C=O) groups is 1. The van der Waals surface area contributed by atoms with Crippen molar-refractivity contribution in [2.45, 2.75) is 43.7 Å². The molecule has 17 heavy (non-hydrogen) atoms. The summed E-state index contributed by atoms with van der Waals surface area (Å²) in [7, 11) is 0. The van der Waals surface area contributed by atoms with E-state index in [1.807, 2.05) is 0 Å². The smallest absolute Gasteiger partial charge is 0.319 e. The van der Waals surface area contributed by atoms with Crippen molar-refractivity contribution in [3.05, 3.63) is 0 Å². The fourth-order valence-electron chi connectivity index (χ4n) is 2.51. The van der Waals surface area contributed by atoms with E-state index >= 15 is 0 Å². The van der Waals surface area contributed by atoms with Crippen LogP contribution in [0, 0.1) is 0 Å². The molecule has 2 aliphatic rings. The van der Waals surface area contributed by atoms with E-state index < -0.39 is 24.9 Å². The highest BCUT2D eigenvalue weighted by Gasteiger charge is 2.45. The van der Waals surface area contributed by atoms with Crippen LogP contribution in [0.25, 0.3) is 0 Å². The van der Waals surface area contributed by atoms with Gasteiger partial charge < -0.3 is 10.2 Å². The first-order valence-corrected chi connectivity index (χ1v) is 5.60. The van der Waals surface area contributed by atoms with E-state index in [4.69, 9.17) is 0 Å². The first-order chi connectivity index (χ1) is 7.92. The molecule has 3 nitrogen and oxygen atoms in total. The summed E-state index contributed by atoms with van der Waals surface area (Å²) in [5.41, 5.74) is 0. The average molecular weight is 254 g/mol. The number of rotatable bonds is 4. The first kappa shape index (κ1) is 12.6. The molecule has 1 N–H and O–H groups in total. The van der Waals surface area contributed by atoms with Crippen molar-refractivity contribution in [1.82, 2.24) is 10.2 Å². The zero-order valence-corrected chi connectivity index (χ0v) is 9.13. The summed E-state index contributed by atoms with van der Waals surface area (Å²) in [6.45, 7) is -0.431. The summed E-state index contributed by atoms with van der Waals surface area (Å²) in [6.07, 6.45) is -1.94. The zero-order valence-electron chi connectivity index (χ0n) is 9.13. The van der Waals surface area contributed by atoms with E-state index in [1.54, 1.807) is 4.90 Å². The summed E-state index contributed by atoms with van der Waals surface area (Å²) >= 11 is 0. The van der Waals surface area contributed by atoms with Gasteiger partial charge in [-0.1, -0.05) is 0 Å². The minimum atomic E-state index is -4.03. The second-order valence-electron chi connectivity index (χ2n) is 4.55. The van der Waals surface area contributed by atoms with Crippen LogP contribution in [0.3, 0.4) is 0 Å². The lowest BCUT2D eigenvalue weighted by Crippen LogP contribution is -2.46. The molecule has 2 unspecified atom stereocenters. The molecule has 7 heteroatoms. The van der Waals surface area contributed by atoms with E-state index in [-0.39, 0.29) is 18.4 Å². The SMILES string of the molecule is O=C1CC(NCC(F)(F)C(F)F)C2CCCN12. The van der Waals surface area contributed by atoms with Crippen LogP contribution >= 0.6 is 0 Å². The molecule has 2 heterocycles. The predicted octanol–water partition coefficient (Wildman–Crippen LogP) is 1.24. The van der Waals surface area contributed by atoms with Crippen LogP contribution in [0.15, 0.2) is 0 Å². The van der Waals surface area contributed by atoms with E-state index in [9.17, 15) is 22.4 Å². The fraction of sp³-hybridized carbons (Fsp3) is 0.900. The predicted molar refractivity (Wildman–Crippen MR) is 52.1 cm³/mol. The lowest BCUT2D eigenvalue weighted by molar-refractivity contribution is -0.128. The van der Waals surface area contributed by atoms with Gasteiger partial charge in [0.2, 0.25) is 5.91 Å². The van der Waals surface area contributed by atoms with Crippen molar-refractivity contribution >= 4 is 5.91 Å². The van der Waals surface area contributed by atoms with Crippen molar-refractivity contribution in [3.63, 3.8) is 0 Å². The number of fused-ring (bicyclic) bond motifs is 1. The Bertz CT molecular complexity index is 311. The monoisotopic (exact) mass is 254 g/mol. The molecule has 98 valence electrons. The Balaban J connectivity index is 1.90. The van der Waals surface area contributed by atoms with Crippen LogP contribution in [0.2, 0.25) is 0 Å². The number of halogens is 4. The Labute approximate surface area is 96.1 Å². The highest BCUT2D eigenvalue weighted by molar-refractivity contribution is 5.80. The van der Waals surface area contributed by atoms with E-state index in [1.165, 1.54) is 0 Å². The van der Waals surface area contributed by atoms with Gasteiger partial charge >= 0.3 is 12.3 Å². The summed E-state index contributed by atoms with van der Waals surface area (Å²) in [6, 6.07) is -0.523. The molecule has 2 aliphatic heterocycles. The Morgan fingerprint density at radius 2 is 2.18 bits per heavy atom. The van der Waals surface area contributed by atoms with Crippen LogP contribution in [0.1, 0.15) is 19.3 Å². The largest absolute Gasteiger partial charge is 0.338 e. The topological polar surface area (TPSA) is 32.3 Å². The second kappa shape index (κ2) is 4.44. The molecule has 0 aliphatic carbocycles. The Morgan fingerprint density at radius 3 is 2.82 bits per heavy atom. The van der Waals surface area contributed by atoms with Crippen LogP contribution in [-0.4, -0.2) is 48.3 Å². The molecule has 2 rings (SSSR count). The molecule has 2 atom stereocenters. The van der Waals surface area contributed by atoms with Crippen molar-refractivity contribution < 1.29 is 22.4 Å². The third kappa shape index (κ3) is 2.38. The lowest BCUT2D eigenvalue weighted by atomic mass is 10.1. The molecule has 0 spiro atoms. The number of alkyl halides is 4. The Kier molecular flexibility index (Phi) is 3.29. The van der Waals surface area contributed by atoms with Crippen molar-refractivity contribution in [2.24, 2.45) is 0 Å². The molecule has 0 aromatic heterocycles. The Morgan fingerprint density at radius 1 is 1.47 bits per heavy atom. The van der Waals surface area contributed by atoms with Crippen molar-refractivity contribution in [3.8, 4) is 0 Å². The highest BCUT2D eigenvalue weighted by atomic mass is 19.3. The van der Waals surface area contributed by atoms with Gasteiger partial charge in [-0.25, -0.2) is 8.78 Å². The number of hydrogen-bond acceptors (Lipinski definition) is 2. The molecular weight excluding hydrogens is 240 g/mol. The van der Waals surface area contributed by atoms with Crippen molar-refractivity contribution in [1.29, 1.82) is 0 Å². The maximum atomic E-state index is 12.7. The minimum Gasteiger partial charge on any atom is -0.338 e. The molecular formula is C10H14F4N2O. The summed E-state index contributed by atoms with van der Waals surface area (Å²) in [5, 5.41) is 2.41. The number of carbonyl (C=O) groups excluding carboxylic acids is 1. The molecule has 2 fully saturated rings. The van der Waals surface area contributed by atoms with Gasteiger partial charge in [0.15, 0.2) is 0 Å². The minimum absolute atomic E-state index is 0.0784. The molecule has 0 aromatic carbocycles. The maximum absolute atomic E-state index is 12.7. The fourth-order valence-corrected chi connectivity index (χ4v) is 2.51. The van der Waals surface area contributed by atoms with Crippen molar-refractivity contribution in [2.75, 3.05) is 13.1 Å². The second-order valence-corrected chi connectivity index (χ2v) is 4.55. The van der Waals surface area contributed by atoms with E-state index in [2.05, 4.69) is 5.32 Å². The lowest BCUT2D eigenvalue weighted by Gasteiger charge is -2.23. The number of nitrogens with one attached hydrogen (secondary N) is 1. The average Bonchev–Trinajstić information content (AvgIpc) is 2.80. The summed E-state index contributed by atoms with van der Waals surface area (Å²) in [4.78, 5) is 13.1. The highest BCUT2D eigenvalue weighted by Crippen LogP contribution is 2.30. The normalized spacial score (nSPS) is 29.2. The molecule has 0 aromatic rings. The molecule has 0 bridgehead atoms. The van der Waals surface area contributed by atoms with Gasteiger partial charge in [0.1, 0.15) is 0 Å². The standard InChI is InChI=1S/C10H14F4N2O/c11-9(12)10(13,14)5-15-6-4-8(17)16-3-1-2-7(6)16/h6-7,9,15H,1-5H2. The van der Waals surface area contributed by atoms with E-state index in [0.29, 0.717) is 6.54 Å². The number of hydrogen-bond donors (Lipinski definition) is 1. The van der Waals surface area contributed by atoms with Gasteiger partial charge in [0.05, 0.1) is 6.54 Å². The molecule has 0 radical (unpaired) electrons. The van der Waals surface area contributed by atoms with Gasteiger partial charge in [-0.05, 0) is 12.8 Å². The Hall–Kier alpha value is -0.850. The molecule has 1 amide bonds. The van der Waals surface area contributed by atoms with Gasteiger partial charge in [-0.3, -0.25) is 4.79 Å². The van der Waals surface area contributed by atoms with Crippen LogP contribution in [0.4, 0.5) is 17.6 Å². The zero-order chi connectivity index (χ0) is 12.6. The van der Waals surface area contributed by atoms with Gasteiger partial charge in [-0.2, -0.15) is 8.78 Å². The van der Waals surface area contributed by atoms with Gasteiger partial charge in [0, 0.05) is 25.0 Å². The van der Waals surface area contributed by atoms with E-state index in [0.717, 1.165) is 12.8 Å². The van der Waals surface area contributed by atoms with Crippen LogP contribution in [-0.2, 0) is 4.79 Å². The van der Waals surface area contributed by atoms with Crippen LogP contribution in [0.5, 0.6) is 0 Å². The molecule has 2 saturated heterocycles. The first-order valence-electron chi connectivity index (χ1n) is 5.60. The molecule has 0 saturated carbocycles. The van der Waals surface area contributed by atoms with Gasteiger partial charge in [0.25, 0.3) is 0 Å². The van der Waals surface area contributed by atoms with Gasteiger partial charge in [-0.15, -0.1) is 0 Å². The maximum Gasteiger partial charge on any atom is 0.319 e. The number of amides is 1. The van der Waals surface area contributed by atoms with Crippen LogP contribution < -0.4 is 5.32 Å².